The molecule has 25 heavy (non-hydrogen) atoms. The van der Waals surface area contributed by atoms with Crippen LogP contribution >= 0.6 is 11.8 Å². The van der Waals surface area contributed by atoms with E-state index in [0.29, 0.717) is 0 Å². The molecule has 1 aliphatic rings. The molecule has 6 nitrogen and oxygen atoms in total. The SMILES string of the molecule is CCN1CCN(C(=O)[C@H](C)Sc2nnc(-c3ccccc3F)o2)CC1. The summed E-state index contributed by atoms with van der Waals surface area (Å²) in [6.07, 6.45) is 0. The van der Waals surface area contributed by atoms with Crippen LogP contribution in [0, 0.1) is 5.82 Å². The number of hydrogen-bond donors (Lipinski definition) is 0. The Morgan fingerprint density at radius 1 is 1.28 bits per heavy atom. The number of rotatable bonds is 5. The Bertz CT molecular complexity index is 731. The van der Waals surface area contributed by atoms with Crippen LogP contribution < -0.4 is 0 Å². The van der Waals surface area contributed by atoms with Gasteiger partial charge in [0.05, 0.1) is 10.8 Å². The Kier molecular flexibility index (Phi) is 5.70. The minimum absolute atomic E-state index is 0.0615. The Labute approximate surface area is 150 Å². The van der Waals surface area contributed by atoms with Crippen LogP contribution in [0.3, 0.4) is 0 Å². The van der Waals surface area contributed by atoms with Gasteiger partial charge >= 0.3 is 0 Å². The second kappa shape index (κ2) is 7.97. The molecular formula is C17H21FN4O2S. The van der Waals surface area contributed by atoms with Crippen molar-refractivity contribution < 1.29 is 13.6 Å². The second-order valence-corrected chi connectivity index (χ2v) is 7.16. The van der Waals surface area contributed by atoms with Gasteiger partial charge in [-0.2, -0.15) is 0 Å². The van der Waals surface area contributed by atoms with E-state index in [4.69, 9.17) is 4.42 Å². The highest BCUT2D eigenvalue weighted by Crippen LogP contribution is 2.28. The van der Waals surface area contributed by atoms with Gasteiger partial charge in [-0.1, -0.05) is 30.8 Å². The third kappa shape index (κ3) is 4.19. The average molecular weight is 364 g/mol. The molecule has 1 aromatic carbocycles. The number of hydrogen-bond acceptors (Lipinski definition) is 6. The quantitative estimate of drug-likeness (QED) is 0.760. The molecule has 1 amide bonds. The maximum atomic E-state index is 13.8. The highest BCUT2D eigenvalue weighted by Gasteiger charge is 2.26. The first-order chi connectivity index (χ1) is 12.1. The van der Waals surface area contributed by atoms with E-state index in [1.54, 1.807) is 18.2 Å². The number of benzene rings is 1. The predicted octanol–water partition coefficient (Wildman–Crippen LogP) is 2.52. The lowest BCUT2D eigenvalue weighted by Crippen LogP contribution is -2.50. The molecule has 0 unspecified atom stereocenters. The molecule has 0 spiro atoms. The zero-order valence-corrected chi connectivity index (χ0v) is 15.1. The summed E-state index contributed by atoms with van der Waals surface area (Å²) in [6.45, 7) is 8.23. The van der Waals surface area contributed by atoms with Crippen molar-refractivity contribution in [1.82, 2.24) is 20.0 Å². The number of piperazine rings is 1. The van der Waals surface area contributed by atoms with Crippen molar-refractivity contribution in [3.05, 3.63) is 30.1 Å². The molecule has 1 aromatic heterocycles. The van der Waals surface area contributed by atoms with E-state index in [-0.39, 0.29) is 27.8 Å². The van der Waals surface area contributed by atoms with Gasteiger partial charge in [-0.05, 0) is 25.6 Å². The van der Waals surface area contributed by atoms with Crippen LogP contribution in [0.15, 0.2) is 33.9 Å². The Morgan fingerprint density at radius 3 is 2.68 bits per heavy atom. The van der Waals surface area contributed by atoms with Gasteiger partial charge in [0.1, 0.15) is 5.82 Å². The van der Waals surface area contributed by atoms with Crippen molar-refractivity contribution in [3.63, 3.8) is 0 Å². The summed E-state index contributed by atoms with van der Waals surface area (Å²) in [5.74, 6) is -0.233. The fraction of sp³-hybridized carbons (Fsp3) is 0.471. The highest BCUT2D eigenvalue weighted by molar-refractivity contribution is 8.00. The smallest absolute Gasteiger partial charge is 0.277 e. The van der Waals surface area contributed by atoms with E-state index in [1.807, 2.05) is 11.8 Å². The molecule has 0 bridgehead atoms. The molecule has 1 fully saturated rings. The molecule has 0 saturated carbocycles. The third-order valence-electron chi connectivity index (χ3n) is 4.27. The number of nitrogens with zero attached hydrogens (tertiary/aromatic N) is 4. The Hall–Kier alpha value is -1.93. The van der Waals surface area contributed by atoms with E-state index >= 15 is 0 Å². The molecule has 134 valence electrons. The number of aromatic nitrogens is 2. The van der Waals surface area contributed by atoms with Crippen LogP contribution in [0.1, 0.15) is 13.8 Å². The summed E-state index contributed by atoms with van der Waals surface area (Å²) >= 11 is 1.21. The van der Waals surface area contributed by atoms with Crippen molar-refractivity contribution >= 4 is 17.7 Å². The van der Waals surface area contributed by atoms with Gasteiger partial charge < -0.3 is 14.2 Å². The van der Waals surface area contributed by atoms with Gasteiger partial charge in [-0.25, -0.2) is 4.39 Å². The zero-order chi connectivity index (χ0) is 17.8. The fourth-order valence-electron chi connectivity index (χ4n) is 2.74. The average Bonchev–Trinajstić information content (AvgIpc) is 3.09. The van der Waals surface area contributed by atoms with Gasteiger partial charge in [0.2, 0.25) is 5.91 Å². The molecule has 8 heteroatoms. The number of halogens is 1. The molecular weight excluding hydrogens is 343 g/mol. The predicted molar refractivity (Wildman–Crippen MR) is 93.7 cm³/mol. The number of carbonyl (C=O) groups excluding carboxylic acids is 1. The largest absolute Gasteiger partial charge is 0.411 e. The van der Waals surface area contributed by atoms with Crippen LogP contribution in [0.4, 0.5) is 4.39 Å². The minimum Gasteiger partial charge on any atom is -0.411 e. The van der Waals surface area contributed by atoms with Crippen molar-refractivity contribution in [2.24, 2.45) is 0 Å². The van der Waals surface area contributed by atoms with Crippen LogP contribution in [-0.4, -0.2) is 63.9 Å². The zero-order valence-electron chi connectivity index (χ0n) is 14.3. The lowest BCUT2D eigenvalue weighted by atomic mass is 10.2. The maximum Gasteiger partial charge on any atom is 0.277 e. The van der Waals surface area contributed by atoms with Gasteiger partial charge in [-0.15, -0.1) is 10.2 Å². The summed E-state index contributed by atoms with van der Waals surface area (Å²) in [5, 5.41) is 7.75. The Morgan fingerprint density at radius 2 is 2.00 bits per heavy atom. The monoisotopic (exact) mass is 364 g/mol. The lowest BCUT2D eigenvalue weighted by Gasteiger charge is -2.35. The van der Waals surface area contributed by atoms with Crippen molar-refractivity contribution in [2.75, 3.05) is 32.7 Å². The molecule has 1 atom stereocenters. The number of amides is 1. The summed E-state index contributed by atoms with van der Waals surface area (Å²) in [6, 6.07) is 6.23. The normalized spacial score (nSPS) is 16.8. The molecule has 3 rings (SSSR count). The molecule has 0 aliphatic carbocycles. The van der Waals surface area contributed by atoms with Crippen LogP contribution in [-0.2, 0) is 4.79 Å². The summed E-state index contributed by atoms with van der Waals surface area (Å²) in [7, 11) is 0. The minimum atomic E-state index is -0.416. The van der Waals surface area contributed by atoms with E-state index < -0.39 is 5.82 Å². The summed E-state index contributed by atoms with van der Waals surface area (Å²) in [4.78, 5) is 16.8. The fourth-order valence-corrected chi connectivity index (χ4v) is 3.51. The molecule has 1 saturated heterocycles. The summed E-state index contributed by atoms with van der Waals surface area (Å²) in [5.41, 5.74) is 0.261. The molecule has 1 aliphatic heterocycles. The first kappa shape index (κ1) is 17.9. The van der Waals surface area contributed by atoms with Gasteiger partial charge in [-0.3, -0.25) is 4.79 Å². The van der Waals surface area contributed by atoms with Crippen molar-refractivity contribution in [3.8, 4) is 11.5 Å². The highest BCUT2D eigenvalue weighted by atomic mass is 32.2. The molecule has 0 radical (unpaired) electrons. The van der Waals surface area contributed by atoms with E-state index in [1.165, 1.54) is 17.8 Å². The standard InChI is InChI=1S/C17H21FN4O2S/c1-3-21-8-10-22(11-9-21)16(23)12(2)25-17-20-19-15(24-17)13-6-4-5-7-14(13)18/h4-7,12H,3,8-11H2,1-2H3/t12-/m0/s1. The molecule has 2 heterocycles. The maximum absolute atomic E-state index is 13.8. The molecule has 0 N–H and O–H groups in total. The third-order valence-corrected chi connectivity index (χ3v) is 5.19. The van der Waals surface area contributed by atoms with Gasteiger partial charge in [0.25, 0.3) is 11.1 Å². The van der Waals surface area contributed by atoms with Crippen molar-refractivity contribution in [2.45, 2.75) is 24.3 Å². The van der Waals surface area contributed by atoms with Crippen LogP contribution in [0.25, 0.3) is 11.5 Å². The van der Waals surface area contributed by atoms with Gasteiger partial charge in [0, 0.05) is 26.2 Å². The number of thioether (sulfide) groups is 1. The van der Waals surface area contributed by atoms with Crippen molar-refractivity contribution in [1.29, 1.82) is 0 Å². The van der Waals surface area contributed by atoms with Crippen LogP contribution in [0.2, 0.25) is 0 Å². The lowest BCUT2D eigenvalue weighted by molar-refractivity contribution is -0.132. The number of likely N-dealkylation sites (N-methyl/N-ethyl adjacent to an activating group) is 1. The second-order valence-electron chi connectivity index (χ2n) is 5.87. The first-order valence-corrected chi connectivity index (χ1v) is 9.22. The first-order valence-electron chi connectivity index (χ1n) is 8.34. The van der Waals surface area contributed by atoms with E-state index in [0.717, 1.165) is 32.7 Å². The van der Waals surface area contributed by atoms with E-state index in [2.05, 4.69) is 22.0 Å². The Balaban J connectivity index is 1.61. The topological polar surface area (TPSA) is 62.5 Å². The van der Waals surface area contributed by atoms with Crippen LogP contribution in [0.5, 0.6) is 0 Å². The van der Waals surface area contributed by atoms with Gasteiger partial charge in [0.15, 0.2) is 0 Å². The van der Waals surface area contributed by atoms with E-state index in [9.17, 15) is 9.18 Å². The molecule has 2 aromatic rings. The number of carbonyl (C=O) groups is 1. The summed E-state index contributed by atoms with van der Waals surface area (Å²) < 4.78 is 19.3.